The fourth-order valence-electron chi connectivity index (χ4n) is 2.99. The molecule has 160 valence electrons. The summed E-state index contributed by atoms with van der Waals surface area (Å²) in [4.78, 5) is 40.9. The van der Waals surface area contributed by atoms with Gasteiger partial charge in [-0.1, -0.05) is 25.4 Å². The summed E-state index contributed by atoms with van der Waals surface area (Å²) in [7, 11) is 1.40. The van der Waals surface area contributed by atoms with E-state index in [1.807, 2.05) is 19.9 Å². The Balaban J connectivity index is 2.89. The minimum absolute atomic E-state index is 0.0100. The summed E-state index contributed by atoms with van der Waals surface area (Å²) in [6.45, 7) is 5.91. The zero-order valence-corrected chi connectivity index (χ0v) is 18.0. The van der Waals surface area contributed by atoms with Crippen LogP contribution in [0.4, 0.5) is 0 Å². The van der Waals surface area contributed by atoms with Gasteiger partial charge in [0.25, 0.3) is 5.91 Å². The number of rotatable bonds is 9. The van der Waals surface area contributed by atoms with Gasteiger partial charge in [-0.05, 0) is 32.1 Å². The van der Waals surface area contributed by atoms with Crippen molar-refractivity contribution < 1.29 is 14.4 Å². The molecule has 1 aliphatic rings. The largest absolute Gasteiger partial charge is 0.401 e. The molecule has 1 unspecified atom stereocenters. The summed E-state index contributed by atoms with van der Waals surface area (Å²) in [6.07, 6.45) is 1.19. The highest BCUT2D eigenvalue weighted by Gasteiger charge is 2.30. The van der Waals surface area contributed by atoms with Crippen molar-refractivity contribution in [3.63, 3.8) is 0 Å². The van der Waals surface area contributed by atoms with E-state index in [0.717, 1.165) is 0 Å². The Labute approximate surface area is 176 Å². The molecular formula is C19H29ClN6O3. The molecule has 1 rings (SSSR count). The van der Waals surface area contributed by atoms with Crippen LogP contribution in [-0.2, 0) is 14.4 Å². The Kier molecular flexibility index (Phi) is 9.62. The van der Waals surface area contributed by atoms with Crippen molar-refractivity contribution in [2.75, 3.05) is 13.6 Å². The smallest absolute Gasteiger partial charge is 0.271 e. The summed E-state index contributed by atoms with van der Waals surface area (Å²) in [5.41, 5.74) is 5.79. The molecule has 1 aliphatic heterocycles. The highest BCUT2D eigenvalue weighted by atomic mass is 35.5. The molecule has 10 heteroatoms. The van der Waals surface area contributed by atoms with Gasteiger partial charge in [-0.3, -0.25) is 19.4 Å². The molecule has 1 saturated heterocycles. The number of nitrogens with zero attached hydrogens (tertiary/aromatic N) is 2. The van der Waals surface area contributed by atoms with Crippen molar-refractivity contribution >= 4 is 35.0 Å². The van der Waals surface area contributed by atoms with E-state index in [2.05, 4.69) is 20.9 Å². The van der Waals surface area contributed by atoms with Gasteiger partial charge in [0.05, 0.1) is 11.1 Å². The highest BCUT2D eigenvalue weighted by molar-refractivity contribution is 6.59. The summed E-state index contributed by atoms with van der Waals surface area (Å²) < 4.78 is 0. The molecule has 0 spiro atoms. The molecule has 1 heterocycles. The van der Waals surface area contributed by atoms with Crippen LogP contribution in [0.5, 0.6) is 0 Å². The minimum atomic E-state index is -0.893. The molecule has 0 aromatic heterocycles. The predicted molar refractivity (Wildman–Crippen MR) is 111 cm³/mol. The van der Waals surface area contributed by atoms with E-state index in [9.17, 15) is 19.6 Å². The van der Waals surface area contributed by atoms with Crippen LogP contribution in [-0.4, -0.2) is 49.1 Å². The lowest BCUT2D eigenvalue weighted by Crippen LogP contribution is -2.51. The molecule has 0 bridgehead atoms. The number of nitriles is 1. The van der Waals surface area contributed by atoms with Crippen LogP contribution in [0.25, 0.3) is 0 Å². The molecule has 9 nitrogen and oxygen atoms in total. The van der Waals surface area contributed by atoms with Gasteiger partial charge in [0.15, 0.2) is 0 Å². The fourth-order valence-corrected chi connectivity index (χ4v) is 3.16. The average molecular weight is 425 g/mol. The normalized spacial score (nSPS) is 19.7. The van der Waals surface area contributed by atoms with Crippen LogP contribution in [0.15, 0.2) is 15.7 Å². The molecular weight excluding hydrogens is 396 g/mol. The maximum absolute atomic E-state index is 12.8. The molecule has 0 aromatic carbocycles. The lowest BCUT2D eigenvalue weighted by Gasteiger charge is -2.23. The number of carbonyl (C=O) groups is 3. The second kappa shape index (κ2) is 11.4. The molecule has 3 amide bonds. The number of hydrogen-bond acceptors (Lipinski definition) is 6. The van der Waals surface area contributed by atoms with Gasteiger partial charge >= 0.3 is 0 Å². The topological polar surface area (TPSA) is 149 Å². The van der Waals surface area contributed by atoms with Crippen LogP contribution >= 0.6 is 11.6 Å². The van der Waals surface area contributed by atoms with E-state index >= 15 is 0 Å². The molecule has 0 saturated carbocycles. The molecule has 5 N–H and O–H groups in total. The molecule has 29 heavy (non-hydrogen) atoms. The third-order valence-corrected chi connectivity index (χ3v) is 4.95. The van der Waals surface area contributed by atoms with Gasteiger partial charge in [-0.2, -0.15) is 5.26 Å². The maximum atomic E-state index is 12.8. The van der Waals surface area contributed by atoms with Gasteiger partial charge in [-0.25, -0.2) is 0 Å². The summed E-state index contributed by atoms with van der Waals surface area (Å²) >= 11 is 6.04. The zero-order valence-electron chi connectivity index (χ0n) is 17.2. The Bertz CT molecular complexity index is 737. The lowest BCUT2D eigenvalue weighted by atomic mass is 9.98. The first-order valence-corrected chi connectivity index (χ1v) is 9.86. The number of carbonyl (C=O) groups excluding carboxylic acids is 3. The molecule has 0 radical (unpaired) electrons. The highest BCUT2D eigenvalue weighted by Crippen LogP contribution is 2.16. The van der Waals surface area contributed by atoms with Crippen molar-refractivity contribution in [2.45, 2.75) is 52.1 Å². The Hall–Kier alpha value is -2.60. The number of allylic oxidation sites excluding steroid dienone is 1. The van der Waals surface area contributed by atoms with Gasteiger partial charge < -0.3 is 21.7 Å². The first-order valence-electron chi connectivity index (χ1n) is 9.48. The third kappa shape index (κ3) is 7.38. The average Bonchev–Trinajstić information content (AvgIpc) is 3.05. The monoisotopic (exact) mass is 424 g/mol. The van der Waals surface area contributed by atoms with E-state index in [0.29, 0.717) is 19.4 Å². The van der Waals surface area contributed by atoms with Crippen LogP contribution < -0.4 is 21.7 Å². The van der Waals surface area contributed by atoms with Gasteiger partial charge in [0.1, 0.15) is 17.8 Å². The van der Waals surface area contributed by atoms with Crippen LogP contribution in [0.2, 0.25) is 0 Å². The summed E-state index contributed by atoms with van der Waals surface area (Å²) in [5.74, 6) is -1.47. The Morgan fingerprint density at radius 2 is 2.07 bits per heavy atom. The van der Waals surface area contributed by atoms with Gasteiger partial charge in [0, 0.05) is 25.2 Å². The number of amides is 3. The maximum Gasteiger partial charge on any atom is 0.271 e. The SMILES string of the molecule is CN=C(C(=O)NC(CC(C)C)C(=O)N[C@H](C#N)C[C@@H]1CCNC1=O)C(Cl)=C(C)N. The first kappa shape index (κ1) is 24.4. The van der Waals surface area contributed by atoms with Crippen LogP contribution in [0.1, 0.15) is 40.0 Å². The lowest BCUT2D eigenvalue weighted by molar-refractivity contribution is -0.127. The fraction of sp³-hybridized carbons (Fsp3) is 0.632. The number of nitrogens with two attached hydrogens (primary N) is 1. The second-order valence-corrected chi connectivity index (χ2v) is 7.81. The Morgan fingerprint density at radius 3 is 2.52 bits per heavy atom. The summed E-state index contributed by atoms with van der Waals surface area (Å²) in [5, 5.41) is 17.4. The zero-order chi connectivity index (χ0) is 22.1. The van der Waals surface area contributed by atoms with Crippen molar-refractivity contribution in [3.8, 4) is 6.07 Å². The van der Waals surface area contributed by atoms with E-state index in [1.54, 1.807) is 0 Å². The second-order valence-electron chi connectivity index (χ2n) is 7.43. The first-order chi connectivity index (χ1) is 13.6. The number of nitrogens with one attached hydrogen (secondary N) is 3. The van der Waals surface area contributed by atoms with Crippen molar-refractivity contribution in [1.82, 2.24) is 16.0 Å². The Morgan fingerprint density at radius 1 is 1.41 bits per heavy atom. The van der Waals surface area contributed by atoms with Gasteiger partial charge in [-0.15, -0.1) is 0 Å². The standard InChI is InChI=1S/C19H29ClN6O3/c1-10(2)7-14(26-19(29)16(23-4)15(20)11(3)22)18(28)25-13(9-21)8-12-5-6-24-17(12)27/h10,12-14H,5-8,22H2,1-4H3,(H,24,27)(H,25,28)(H,26,29)/t12-,13-,14?/m0/s1. The third-order valence-electron chi connectivity index (χ3n) is 4.48. The quantitative estimate of drug-likeness (QED) is 0.398. The summed E-state index contributed by atoms with van der Waals surface area (Å²) in [6, 6.07) is 0.286. The van der Waals surface area contributed by atoms with Crippen molar-refractivity contribution in [1.29, 1.82) is 5.26 Å². The van der Waals surface area contributed by atoms with E-state index in [-0.39, 0.29) is 40.6 Å². The van der Waals surface area contributed by atoms with E-state index < -0.39 is 23.9 Å². The van der Waals surface area contributed by atoms with Crippen LogP contribution in [0.3, 0.4) is 0 Å². The molecule has 0 aromatic rings. The predicted octanol–water partition coefficient (Wildman–Crippen LogP) is 0.552. The number of halogens is 1. The van der Waals surface area contributed by atoms with Gasteiger partial charge in [0.2, 0.25) is 11.8 Å². The molecule has 3 atom stereocenters. The number of aliphatic imine (C=N–C) groups is 1. The van der Waals surface area contributed by atoms with Crippen molar-refractivity contribution in [3.05, 3.63) is 10.7 Å². The molecule has 1 fully saturated rings. The van der Waals surface area contributed by atoms with Crippen LogP contribution in [0, 0.1) is 23.2 Å². The number of hydrogen-bond donors (Lipinski definition) is 4. The minimum Gasteiger partial charge on any atom is -0.401 e. The van der Waals surface area contributed by atoms with E-state index in [1.165, 1.54) is 14.0 Å². The van der Waals surface area contributed by atoms with Crippen molar-refractivity contribution in [2.24, 2.45) is 22.6 Å². The molecule has 0 aliphatic carbocycles. The van der Waals surface area contributed by atoms with E-state index in [4.69, 9.17) is 17.3 Å².